The van der Waals surface area contributed by atoms with Gasteiger partial charge in [-0.05, 0) is 19.5 Å². The second-order valence-corrected chi connectivity index (χ2v) is 4.61. The van der Waals surface area contributed by atoms with Gasteiger partial charge in [0.05, 0.1) is 12.9 Å². The first-order valence-electron chi connectivity index (χ1n) is 6.82. The van der Waals surface area contributed by atoms with Crippen LogP contribution in [0.1, 0.15) is 25.5 Å². The first kappa shape index (κ1) is 14.5. The molecule has 1 N–H and O–H groups in total. The van der Waals surface area contributed by atoms with E-state index >= 15 is 0 Å². The number of benzene rings is 1. The molecule has 0 radical (unpaired) electrons. The van der Waals surface area contributed by atoms with Gasteiger partial charge in [0.15, 0.2) is 0 Å². The molecule has 0 saturated carbocycles. The van der Waals surface area contributed by atoms with Gasteiger partial charge >= 0.3 is 0 Å². The molecule has 1 heterocycles. The summed E-state index contributed by atoms with van der Waals surface area (Å²) >= 11 is 0. The number of ether oxygens (including phenoxy) is 1. The Balaban J connectivity index is 1.91. The van der Waals surface area contributed by atoms with Crippen molar-refractivity contribution in [3.05, 3.63) is 48.3 Å². The number of hydrogen-bond donors (Lipinski definition) is 1. The first-order valence-corrected chi connectivity index (χ1v) is 6.82. The van der Waals surface area contributed by atoms with Gasteiger partial charge in [0.1, 0.15) is 18.2 Å². The third-order valence-electron chi connectivity index (χ3n) is 3.13. The molecule has 20 heavy (non-hydrogen) atoms. The molecule has 108 valence electrons. The van der Waals surface area contributed by atoms with E-state index in [1.165, 1.54) is 6.07 Å². The fourth-order valence-electron chi connectivity index (χ4n) is 2.05. The van der Waals surface area contributed by atoms with Gasteiger partial charge in [0, 0.05) is 30.1 Å². The summed E-state index contributed by atoms with van der Waals surface area (Å²) in [5.41, 5.74) is 0.661. The van der Waals surface area contributed by atoms with Gasteiger partial charge in [-0.3, -0.25) is 0 Å². The Hall–Kier alpha value is -1.88. The van der Waals surface area contributed by atoms with Crippen molar-refractivity contribution in [1.82, 2.24) is 14.9 Å². The Morgan fingerprint density at radius 2 is 2.30 bits per heavy atom. The second-order valence-electron chi connectivity index (χ2n) is 4.61. The van der Waals surface area contributed by atoms with Crippen LogP contribution in [-0.2, 0) is 6.54 Å². The van der Waals surface area contributed by atoms with E-state index in [0.717, 1.165) is 6.54 Å². The highest BCUT2D eigenvalue weighted by Gasteiger charge is 2.10. The smallest absolute Gasteiger partial charge is 0.131 e. The van der Waals surface area contributed by atoms with Crippen molar-refractivity contribution in [2.45, 2.75) is 26.4 Å². The van der Waals surface area contributed by atoms with Gasteiger partial charge in [-0.2, -0.15) is 0 Å². The zero-order chi connectivity index (χ0) is 14.4. The molecule has 0 saturated heterocycles. The first-order chi connectivity index (χ1) is 9.70. The van der Waals surface area contributed by atoms with Gasteiger partial charge in [-0.25, -0.2) is 9.37 Å². The van der Waals surface area contributed by atoms with Crippen LogP contribution in [-0.4, -0.2) is 22.7 Å². The maximum absolute atomic E-state index is 14.0. The zero-order valence-corrected chi connectivity index (χ0v) is 11.8. The van der Waals surface area contributed by atoms with Crippen molar-refractivity contribution in [2.24, 2.45) is 0 Å². The Bertz CT molecular complexity index is 528. The molecule has 0 bridgehead atoms. The van der Waals surface area contributed by atoms with Crippen LogP contribution in [0.15, 0.2) is 36.9 Å². The van der Waals surface area contributed by atoms with Gasteiger partial charge < -0.3 is 14.6 Å². The predicted molar refractivity (Wildman–Crippen MR) is 76.2 cm³/mol. The summed E-state index contributed by atoms with van der Waals surface area (Å²) in [6.07, 6.45) is 5.31. The lowest BCUT2D eigenvalue weighted by molar-refractivity contribution is 0.296. The highest BCUT2D eigenvalue weighted by atomic mass is 19.1. The van der Waals surface area contributed by atoms with Crippen molar-refractivity contribution in [3.63, 3.8) is 0 Å². The normalized spacial score (nSPS) is 12.3. The highest BCUT2D eigenvalue weighted by molar-refractivity contribution is 5.30. The van der Waals surface area contributed by atoms with Crippen molar-refractivity contribution in [3.8, 4) is 5.75 Å². The standard InChI is InChI=1S/C15H20FN3O/c1-3-18-12(2)14-5-4-13(10-15(14)16)20-9-8-19-7-6-17-11-19/h4-7,10-12,18H,3,8-9H2,1-2H3. The molecule has 0 aliphatic heterocycles. The molecule has 2 aromatic rings. The summed E-state index contributed by atoms with van der Waals surface area (Å²) in [7, 11) is 0. The maximum atomic E-state index is 14.0. The maximum Gasteiger partial charge on any atom is 0.131 e. The topological polar surface area (TPSA) is 39.1 Å². The number of rotatable bonds is 7. The lowest BCUT2D eigenvalue weighted by Gasteiger charge is -2.14. The summed E-state index contributed by atoms with van der Waals surface area (Å²) in [4.78, 5) is 3.95. The van der Waals surface area contributed by atoms with Crippen LogP contribution in [0.4, 0.5) is 4.39 Å². The fraction of sp³-hybridized carbons (Fsp3) is 0.400. The highest BCUT2D eigenvalue weighted by Crippen LogP contribution is 2.21. The Labute approximate surface area is 118 Å². The van der Waals surface area contributed by atoms with E-state index in [9.17, 15) is 4.39 Å². The quantitative estimate of drug-likeness (QED) is 0.846. The number of nitrogens with zero attached hydrogens (tertiary/aromatic N) is 2. The SMILES string of the molecule is CCNC(C)c1ccc(OCCn2ccnc2)cc1F. The lowest BCUT2D eigenvalue weighted by atomic mass is 10.1. The van der Waals surface area contributed by atoms with Gasteiger partial charge in [0.2, 0.25) is 0 Å². The number of aromatic nitrogens is 2. The van der Waals surface area contributed by atoms with E-state index in [1.807, 2.05) is 24.6 Å². The van der Waals surface area contributed by atoms with Crippen molar-refractivity contribution < 1.29 is 9.13 Å². The summed E-state index contributed by atoms with van der Waals surface area (Å²) in [6, 6.07) is 5.02. The molecule has 1 aromatic carbocycles. The number of halogens is 1. The minimum absolute atomic E-state index is 0.00000121. The van der Waals surface area contributed by atoms with E-state index < -0.39 is 0 Å². The Morgan fingerprint density at radius 1 is 1.45 bits per heavy atom. The third kappa shape index (κ3) is 3.81. The summed E-state index contributed by atoms with van der Waals surface area (Å²) in [5.74, 6) is 0.314. The number of imidazole rings is 1. The minimum atomic E-state index is -0.237. The minimum Gasteiger partial charge on any atom is -0.492 e. The Kier molecular flexibility index (Phi) is 5.12. The largest absolute Gasteiger partial charge is 0.492 e. The molecule has 0 aliphatic carbocycles. The summed E-state index contributed by atoms with van der Waals surface area (Å²) < 4.78 is 21.4. The monoisotopic (exact) mass is 277 g/mol. The van der Waals surface area contributed by atoms with E-state index in [1.54, 1.807) is 24.7 Å². The van der Waals surface area contributed by atoms with Crippen LogP contribution in [0.5, 0.6) is 5.75 Å². The average Bonchev–Trinajstić information content (AvgIpc) is 2.92. The molecule has 1 aromatic heterocycles. The molecule has 0 fully saturated rings. The molecule has 0 spiro atoms. The van der Waals surface area contributed by atoms with Crippen LogP contribution in [0, 0.1) is 5.82 Å². The van der Waals surface area contributed by atoms with Gasteiger partial charge in [-0.15, -0.1) is 0 Å². The predicted octanol–water partition coefficient (Wildman–Crippen LogP) is 2.77. The van der Waals surface area contributed by atoms with Gasteiger partial charge in [0.25, 0.3) is 0 Å². The summed E-state index contributed by atoms with van der Waals surface area (Å²) in [6.45, 7) is 5.93. The Morgan fingerprint density at radius 3 is 2.95 bits per heavy atom. The van der Waals surface area contributed by atoms with Crippen LogP contribution < -0.4 is 10.1 Å². The van der Waals surface area contributed by atoms with Crippen molar-refractivity contribution in [1.29, 1.82) is 0 Å². The molecule has 5 heteroatoms. The second kappa shape index (κ2) is 7.05. The average molecular weight is 277 g/mol. The van der Waals surface area contributed by atoms with E-state index in [4.69, 9.17) is 4.74 Å². The van der Waals surface area contributed by atoms with Crippen molar-refractivity contribution >= 4 is 0 Å². The summed E-state index contributed by atoms with van der Waals surface area (Å²) in [5, 5.41) is 3.19. The lowest BCUT2D eigenvalue weighted by Crippen LogP contribution is -2.18. The fourth-order valence-corrected chi connectivity index (χ4v) is 2.05. The van der Waals surface area contributed by atoms with E-state index in [0.29, 0.717) is 24.5 Å². The van der Waals surface area contributed by atoms with E-state index in [2.05, 4.69) is 10.3 Å². The molecular weight excluding hydrogens is 257 g/mol. The third-order valence-corrected chi connectivity index (χ3v) is 3.13. The molecular formula is C15H20FN3O. The molecule has 1 unspecified atom stereocenters. The van der Waals surface area contributed by atoms with Crippen molar-refractivity contribution in [2.75, 3.05) is 13.2 Å². The van der Waals surface area contributed by atoms with Crippen LogP contribution >= 0.6 is 0 Å². The molecule has 0 aliphatic rings. The number of nitrogens with one attached hydrogen (secondary N) is 1. The number of hydrogen-bond acceptors (Lipinski definition) is 3. The molecule has 4 nitrogen and oxygen atoms in total. The van der Waals surface area contributed by atoms with Crippen LogP contribution in [0.25, 0.3) is 0 Å². The molecule has 2 rings (SSSR count). The van der Waals surface area contributed by atoms with E-state index in [-0.39, 0.29) is 11.9 Å². The molecule has 0 amide bonds. The van der Waals surface area contributed by atoms with Crippen LogP contribution in [0.2, 0.25) is 0 Å². The van der Waals surface area contributed by atoms with Crippen LogP contribution in [0.3, 0.4) is 0 Å². The molecule has 1 atom stereocenters. The zero-order valence-electron chi connectivity index (χ0n) is 11.8. The van der Waals surface area contributed by atoms with Gasteiger partial charge in [-0.1, -0.05) is 13.0 Å².